The van der Waals surface area contributed by atoms with E-state index in [1.54, 1.807) is 0 Å². The van der Waals surface area contributed by atoms with Crippen LogP contribution in [0.2, 0.25) is 0 Å². The number of benzene rings is 16. The van der Waals surface area contributed by atoms with Gasteiger partial charge in [0.05, 0.1) is 0 Å². The van der Waals surface area contributed by atoms with E-state index in [0.717, 1.165) is 17.6 Å². The molecule has 0 unspecified atom stereocenters. The summed E-state index contributed by atoms with van der Waals surface area (Å²) < 4.78 is 5.73. The largest absolute Gasteiger partial charge is 0.456 e. The third kappa shape index (κ3) is 29.4. The highest BCUT2D eigenvalue weighted by atomic mass is 16.3. The molecule has 0 spiro atoms. The minimum absolute atomic E-state index is 0. The van der Waals surface area contributed by atoms with Crippen LogP contribution in [0.1, 0.15) is 184 Å². The summed E-state index contributed by atoms with van der Waals surface area (Å²) in [6.07, 6.45) is 1.10. The van der Waals surface area contributed by atoms with Gasteiger partial charge in [-0.05, 0) is 201 Å². The molecule has 16 aromatic carbocycles. The Balaban J connectivity index is 0.000000695. The van der Waals surface area contributed by atoms with Gasteiger partial charge in [0.1, 0.15) is 11.2 Å². The van der Waals surface area contributed by atoms with E-state index in [-0.39, 0.29) is 37.1 Å². The van der Waals surface area contributed by atoms with Crippen LogP contribution in [0, 0.1) is 48.5 Å². The van der Waals surface area contributed by atoms with Crippen molar-refractivity contribution < 1.29 is 4.42 Å². The lowest BCUT2D eigenvalue weighted by Crippen LogP contribution is -1.87. The fraction of sp³-hybridized carbons (Fsp3) is 0.231. The molecule has 618 valence electrons. The number of fused-ring (bicyclic) bond motifs is 10. The second kappa shape index (κ2) is 56.4. The third-order valence-corrected chi connectivity index (χ3v) is 18.5. The molecule has 0 saturated carbocycles. The molecule has 1 heteroatoms. The Morgan fingerprint density at radius 3 is 0.805 bits per heavy atom. The van der Waals surface area contributed by atoms with Crippen LogP contribution in [0.15, 0.2) is 362 Å². The van der Waals surface area contributed by atoms with Crippen LogP contribution in [-0.2, 0) is 6.42 Å². The van der Waals surface area contributed by atoms with E-state index >= 15 is 0 Å². The molecule has 0 radical (unpaired) electrons. The molecule has 0 N–H and O–H groups in total. The van der Waals surface area contributed by atoms with Gasteiger partial charge in [0.2, 0.25) is 0 Å². The van der Waals surface area contributed by atoms with Gasteiger partial charge in [0, 0.05) is 10.8 Å². The Kier molecular flexibility index (Phi) is 49.8. The Morgan fingerprint density at radius 1 is 0.169 bits per heavy atom. The van der Waals surface area contributed by atoms with Gasteiger partial charge < -0.3 is 4.42 Å². The van der Waals surface area contributed by atoms with E-state index in [4.69, 9.17) is 4.42 Å². The van der Waals surface area contributed by atoms with E-state index in [1.807, 2.05) is 115 Å². The Hall–Kier alpha value is -11.9. The Bertz CT molecular complexity index is 5220. The zero-order valence-corrected chi connectivity index (χ0v) is 71.7. The van der Waals surface area contributed by atoms with E-state index in [9.17, 15) is 0 Å². The highest BCUT2D eigenvalue weighted by Gasteiger charge is 2.17. The topological polar surface area (TPSA) is 13.1 Å². The zero-order chi connectivity index (χ0) is 82.0. The molecule has 0 amide bonds. The maximum absolute atomic E-state index is 5.73. The van der Waals surface area contributed by atoms with Crippen molar-refractivity contribution in [2.75, 3.05) is 0 Å². The van der Waals surface area contributed by atoms with E-state index < -0.39 is 0 Å². The lowest BCUT2D eigenvalue weighted by Gasteiger charge is -2.12. The smallest absolute Gasteiger partial charge is 0.135 e. The maximum Gasteiger partial charge on any atom is 0.135 e. The molecule has 0 aliphatic heterocycles. The molecule has 0 atom stereocenters. The Morgan fingerprint density at radius 2 is 0.432 bits per heavy atom. The fourth-order valence-corrected chi connectivity index (χ4v) is 13.0. The van der Waals surface area contributed by atoms with Gasteiger partial charge in [0.25, 0.3) is 0 Å². The number of para-hydroxylation sites is 1. The van der Waals surface area contributed by atoms with Gasteiger partial charge in [-0.3, -0.25) is 0 Å². The average molecular weight is 1570 g/mol. The van der Waals surface area contributed by atoms with Crippen LogP contribution in [-0.4, -0.2) is 0 Å². The van der Waals surface area contributed by atoms with Crippen molar-refractivity contribution in [3.63, 3.8) is 0 Å². The molecule has 0 bridgehead atoms. The van der Waals surface area contributed by atoms with Gasteiger partial charge in [-0.25, -0.2) is 0 Å². The predicted molar refractivity (Wildman–Crippen MR) is 540 cm³/mol. The Labute approximate surface area is 717 Å². The first-order valence-electron chi connectivity index (χ1n) is 41.4. The first kappa shape index (κ1) is 104. The average Bonchev–Trinajstić information content (AvgIpc) is 1.14. The standard InChI is InChI=1S/C27H24.C20H18.C14H12.C14H10.C13H10O.C10H8.7C2H6.5CH4/c1-19-4-10-22(11-5-19)25-16-26(23-12-6-20(2)7-13-23)18-27(17-25)24-14-8-21(3)9-15-24;1-15-7-11-17(12-8-15)19-5-3-4-6-20(19)18-13-9-16(2)10-14-18;1-10-6-7-14-12(8-10)9-11-4-2-3-5-13(11)14;1-3-7-13-11(5-1)9-10-12-6-2-4-8-14(12)13;1-9-6-7-11-10-4-2-3-5-12(10)14-13(11)8-9;1-2-6-10-8-4-3-7-9(10)5-1;7*1-2;;;;;/h4-18H,1-3H3;3-14H,1-2H3;2-8H,9H2,1H3;1-10H;2-8H,1H3;1-8H;7*1-2H3;5*1H4. The van der Waals surface area contributed by atoms with Crippen molar-refractivity contribution in [3.05, 3.63) is 408 Å². The van der Waals surface area contributed by atoms with Crippen molar-refractivity contribution in [3.8, 4) is 66.8 Å². The fourth-order valence-electron chi connectivity index (χ4n) is 13.0. The summed E-state index contributed by atoms with van der Waals surface area (Å²) in [5.41, 5.74) is 29.4. The summed E-state index contributed by atoms with van der Waals surface area (Å²) in [5, 5.41) is 10.3. The van der Waals surface area contributed by atoms with Gasteiger partial charge in [-0.2, -0.15) is 0 Å². The van der Waals surface area contributed by atoms with Crippen LogP contribution in [0.4, 0.5) is 0 Å². The van der Waals surface area contributed by atoms with Crippen LogP contribution >= 0.6 is 0 Å². The number of aryl methyl sites for hydroxylation is 7. The second-order valence-corrected chi connectivity index (χ2v) is 26.1. The maximum atomic E-state index is 5.73. The van der Waals surface area contributed by atoms with Gasteiger partial charge in [0.15, 0.2) is 0 Å². The normalized spacial score (nSPS) is 9.53. The summed E-state index contributed by atoms with van der Waals surface area (Å²) >= 11 is 0. The molecule has 1 aliphatic carbocycles. The monoisotopic (exact) mass is 1570 g/mol. The zero-order valence-electron chi connectivity index (χ0n) is 71.7. The van der Waals surface area contributed by atoms with Gasteiger partial charge >= 0.3 is 0 Å². The van der Waals surface area contributed by atoms with Crippen LogP contribution in [0.3, 0.4) is 0 Å². The number of hydrogen-bond acceptors (Lipinski definition) is 1. The summed E-state index contributed by atoms with van der Waals surface area (Å²) in [7, 11) is 0. The third-order valence-electron chi connectivity index (χ3n) is 18.5. The van der Waals surface area contributed by atoms with E-state index in [2.05, 4.69) is 388 Å². The van der Waals surface area contributed by atoms with Gasteiger partial charge in [-0.15, -0.1) is 0 Å². The SMILES string of the molecule is C.C.C.C.C.CC.CC.CC.CC.CC.CC.CC.Cc1ccc(-c2cc(-c3ccc(C)cc3)cc(-c3ccc(C)cc3)c2)cc1.Cc1ccc(-c2ccccc2-c2ccc(C)cc2)cc1.Cc1ccc2c(c1)Cc1ccccc1-2.Cc1ccc2c(c1)oc1ccccc12.c1ccc2c(c1)ccc1ccccc12.c1ccc2ccccc2c1. The number of hydrogen-bond donors (Lipinski definition) is 0. The summed E-state index contributed by atoms with van der Waals surface area (Å²) in [6, 6.07) is 127. The number of rotatable bonds is 5. The highest BCUT2D eigenvalue weighted by molar-refractivity contribution is 6.07. The van der Waals surface area contributed by atoms with Crippen molar-refractivity contribution in [2.45, 2.75) is 189 Å². The van der Waals surface area contributed by atoms with Crippen molar-refractivity contribution >= 4 is 54.3 Å². The molecule has 1 aromatic heterocycles. The first-order chi connectivity index (χ1) is 55.4. The highest BCUT2D eigenvalue weighted by Crippen LogP contribution is 2.38. The minimum Gasteiger partial charge on any atom is -0.456 e. The van der Waals surface area contributed by atoms with Crippen molar-refractivity contribution in [1.29, 1.82) is 0 Å². The first-order valence-corrected chi connectivity index (χ1v) is 41.4. The van der Waals surface area contributed by atoms with E-state index in [0.29, 0.717) is 0 Å². The molecule has 17 aromatic rings. The van der Waals surface area contributed by atoms with Gasteiger partial charge in [-0.1, -0.05) is 495 Å². The molecule has 1 nitrogen and oxygen atoms in total. The van der Waals surface area contributed by atoms with Crippen molar-refractivity contribution in [1.82, 2.24) is 0 Å². The molecule has 18 rings (SSSR count). The lowest BCUT2D eigenvalue weighted by atomic mass is 9.92. The molecule has 118 heavy (non-hydrogen) atoms. The van der Waals surface area contributed by atoms with E-state index in [1.165, 1.54) is 160 Å². The quantitative estimate of drug-likeness (QED) is 0.157. The molecule has 0 fully saturated rings. The van der Waals surface area contributed by atoms with Crippen LogP contribution in [0.25, 0.3) is 121 Å². The predicted octanol–water partition coefficient (Wildman–Crippen LogP) is 37.9. The molecule has 1 heterocycles. The molecule has 0 saturated heterocycles. The molecular formula is C117H144O. The molecular weight excluding hydrogens is 1420 g/mol. The van der Waals surface area contributed by atoms with Crippen molar-refractivity contribution in [2.24, 2.45) is 0 Å². The second-order valence-electron chi connectivity index (χ2n) is 26.1. The number of furan rings is 1. The lowest BCUT2D eigenvalue weighted by molar-refractivity contribution is 0.668. The minimum atomic E-state index is 0. The molecule has 1 aliphatic rings. The summed E-state index contributed by atoms with van der Waals surface area (Å²) in [4.78, 5) is 0. The van der Waals surface area contributed by atoms with Crippen LogP contribution in [0.5, 0.6) is 0 Å². The van der Waals surface area contributed by atoms with Crippen LogP contribution < -0.4 is 0 Å². The summed E-state index contributed by atoms with van der Waals surface area (Å²) in [6.45, 7) is 42.9. The summed E-state index contributed by atoms with van der Waals surface area (Å²) in [5.74, 6) is 0.